The third kappa shape index (κ3) is 3.59. The van der Waals surface area contributed by atoms with Crippen molar-refractivity contribution in [2.75, 3.05) is 14.2 Å². The lowest BCUT2D eigenvalue weighted by Gasteiger charge is -2.22. The van der Waals surface area contributed by atoms with Crippen LogP contribution in [0.2, 0.25) is 0 Å². The van der Waals surface area contributed by atoms with Gasteiger partial charge in [-0.15, -0.1) is 0 Å². The minimum Gasteiger partial charge on any atom is -0.380 e. The Morgan fingerprint density at radius 1 is 1.40 bits per heavy atom. The van der Waals surface area contributed by atoms with E-state index in [-0.39, 0.29) is 6.10 Å². The van der Waals surface area contributed by atoms with Gasteiger partial charge in [-0.3, -0.25) is 0 Å². The number of likely N-dealkylation sites (N-methyl/N-ethyl adjacent to an activating group) is 1. The zero-order valence-electron chi connectivity index (χ0n) is 9.46. The highest BCUT2D eigenvalue weighted by molar-refractivity contribution is 9.10. The van der Waals surface area contributed by atoms with Crippen LogP contribution in [0.5, 0.6) is 0 Å². The Kier molecular flexibility index (Phi) is 5.29. The van der Waals surface area contributed by atoms with E-state index in [2.05, 4.69) is 46.4 Å². The molecule has 0 saturated heterocycles. The molecule has 2 nitrogen and oxygen atoms in total. The molecule has 1 aromatic carbocycles. The van der Waals surface area contributed by atoms with Crippen molar-refractivity contribution in [2.24, 2.45) is 0 Å². The normalized spacial score (nSPS) is 14.9. The van der Waals surface area contributed by atoms with Crippen molar-refractivity contribution >= 4 is 15.9 Å². The Hall–Kier alpha value is -0.380. The molecule has 1 N–H and O–H groups in total. The van der Waals surface area contributed by atoms with Crippen LogP contribution in [0.1, 0.15) is 12.5 Å². The second kappa shape index (κ2) is 6.26. The number of methoxy groups -OCH3 is 1. The van der Waals surface area contributed by atoms with Gasteiger partial charge in [0.25, 0.3) is 0 Å². The SMILES string of the molecule is CNC(Cc1ccccc1Br)C(C)OC. The first-order valence-corrected chi connectivity index (χ1v) is 5.91. The summed E-state index contributed by atoms with van der Waals surface area (Å²) in [5.41, 5.74) is 1.31. The first-order valence-electron chi connectivity index (χ1n) is 5.12. The van der Waals surface area contributed by atoms with Gasteiger partial charge in [0.1, 0.15) is 0 Å². The summed E-state index contributed by atoms with van der Waals surface area (Å²) < 4.78 is 6.50. The van der Waals surface area contributed by atoms with Crippen molar-refractivity contribution in [3.8, 4) is 0 Å². The van der Waals surface area contributed by atoms with E-state index >= 15 is 0 Å². The first kappa shape index (κ1) is 12.7. The van der Waals surface area contributed by atoms with Crippen LogP contribution in [0.3, 0.4) is 0 Å². The van der Waals surface area contributed by atoms with Crippen LogP contribution in [0, 0.1) is 0 Å². The fourth-order valence-electron chi connectivity index (χ4n) is 1.57. The highest BCUT2D eigenvalue weighted by Crippen LogP contribution is 2.18. The summed E-state index contributed by atoms with van der Waals surface area (Å²) in [6.07, 6.45) is 1.18. The molecule has 84 valence electrons. The monoisotopic (exact) mass is 271 g/mol. The Morgan fingerprint density at radius 2 is 2.07 bits per heavy atom. The zero-order valence-corrected chi connectivity index (χ0v) is 11.0. The molecule has 3 heteroatoms. The number of nitrogens with one attached hydrogen (secondary N) is 1. The van der Waals surface area contributed by atoms with E-state index in [1.807, 2.05) is 13.1 Å². The number of halogens is 1. The Balaban J connectivity index is 2.71. The number of hydrogen-bond acceptors (Lipinski definition) is 2. The van der Waals surface area contributed by atoms with Crippen molar-refractivity contribution in [1.29, 1.82) is 0 Å². The molecule has 0 fully saturated rings. The molecule has 0 aliphatic carbocycles. The van der Waals surface area contributed by atoms with Crippen LogP contribution in [0.15, 0.2) is 28.7 Å². The summed E-state index contributed by atoms with van der Waals surface area (Å²) in [4.78, 5) is 0. The third-order valence-corrected chi connectivity index (χ3v) is 3.48. The van der Waals surface area contributed by atoms with Crippen molar-refractivity contribution in [2.45, 2.75) is 25.5 Å². The molecule has 0 bridgehead atoms. The molecule has 0 aromatic heterocycles. The zero-order chi connectivity index (χ0) is 11.3. The molecule has 1 aromatic rings. The van der Waals surface area contributed by atoms with Gasteiger partial charge in [-0.1, -0.05) is 34.1 Å². The van der Waals surface area contributed by atoms with Gasteiger partial charge >= 0.3 is 0 Å². The predicted octanol–water partition coefficient (Wildman–Crippen LogP) is 2.61. The number of rotatable bonds is 5. The van der Waals surface area contributed by atoms with E-state index < -0.39 is 0 Å². The van der Waals surface area contributed by atoms with Crippen LogP contribution >= 0.6 is 15.9 Å². The van der Waals surface area contributed by atoms with Crippen molar-refractivity contribution in [3.63, 3.8) is 0 Å². The van der Waals surface area contributed by atoms with Crippen LogP contribution in [-0.4, -0.2) is 26.3 Å². The minimum absolute atomic E-state index is 0.210. The maximum Gasteiger partial charge on any atom is 0.0699 e. The van der Waals surface area contributed by atoms with Gasteiger partial charge in [-0.05, 0) is 32.0 Å². The topological polar surface area (TPSA) is 21.3 Å². The standard InChI is InChI=1S/C12H18BrNO/c1-9(15-3)12(14-2)8-10-6-4-5-7-11(10)13/h4-7,9,12,14H,8H2,1-3H3. The summed E-state index contributed by atoms with van der Waals surface area (Å²) in [6.45, 7) is 2.08. The van der Waals surface area contributed by atoms with Gasteiger partial charge in [0, 0.05) is 17.6 Å². The fraction of sp³-hybridized carbons (Fsp3) is 0.500. The average molecular weight is 272 g/mol. The molecule has 2 unspecified atom stereocenters. The first-order chi connectivity index (χ1) is 7.19. The fourth-order valence-corrected chi connectivity index (χ4v) is 2.01. The van der Waals surface area contributed by atoms with E-state index in [4.69, 9.17) is 4.74 Å². The molecule has 0 amide bonds. The molecule has 0 spiro atoms. The molecule has 1 rings (SSSR count). The minimum atomic E-state index is 0.210. The lowest BCUT2D eigenvalue weighted by Crippen LogP contribution is -2.38. The average Bonchev–Trinajstić information content (AvgIpc) is 2.27. The second-order valence-electron chi connectivity index (χ2n) is 3.63. The number of hydrogen-bond donors (Lipinski definition) is 1. The second-order valence-corrected chi connectivity index (χ2v) is 4.49. The summed E-state index contributed by atoms with van der Waals surface area (Å²) in [6, 6.07) is 8.64. The van der Waals surface area contributed by atoms with Gasteiger partial charge in [0.2, 0.25) is 0 Å². The van der Waals surface area contributed by atoms with Gasteiger partial charge in [0.15, 0.2) is 0 Å². The third-order valence-electron chi connectivity index (χ3n) is 2.71. The molecule has 0 saturated carbocycles. The van der Waals surface area contributed by atoms with Crippen LogP contribution in [0.25, 0.3) is 0 Å². The highest BCUT2D eigenvalue weighted by atomic mass is 79.9. The summed E-state index contributed by atoms with van der Waals surface area (Å²) >= 11 is 3.56. The van der Waals surface area contributed by atoms with Crippen LogP contribution < -0.4 is 5.32 Å². The van der Waals surface area contributed by atoms with Gasteiger partial charge < -0.3 is 10.1 Å². The lowest BCUT2D eigenvalue weighted by molar-refractivity contribution is 0.0856. The Labute approximate surface area is 100 Å². The maximum atomic E-state index is 5.34. The maximum absolute atomic E-state index is 5.34. The van der Waals surface area contributed by atoms with Crippen molar-refractivity contribution in [3.05, 3.63) is 34.3 Å². The van der Waals surface area contributed by atoms with E-state index in [1.165, 1.54) is 5.56 Å². The van der Waals surface area contributed by atoms with E-state index in [1.54, 1.807) is 7.11 Å². The summed E-state index contributed by atoms with van der Waals surface area (Å²) in [7, 11) is 3.71. The molecule has 0 aliphatic rings. The van der Waals surface area contributed by atoms with E-state index in [0.717, 1.165) is 10.9 Å². The van der Waals surface area contributed by atoms with Crippen LogP contribution in [-0.2, 0) is 11.2 Å². The van der Waals surface area contributed by atoms with Gasteiger partial charge in [-0.25, -0.2) is 0 Å². The molecular formula is C12H18BrNO. The summed E-state index contributed by atoms with van der Waals surface area (Å²) in [5.74, 6) is 0. The van der Waals surface area contributed by atoms with E-state index in [9.17, 15) is 0 Å². The largest absolute Gasteiger partial charge is 0.380 e. The number of benzene rings is 1. The van der Waals surface area contributed by atoms with Crippen molar-refractivity contribution < 1.29 is 4.74 Å². The van der Waals surface area contributed by atoms with Crippen molar-refractivity contribution in [1.82, 2.24) is 5.32 Å². The molecule has 0 heterocycles. The summed E-state index contributed by atoms with van der Waals surface area (Å²) in [5, 5.41) is 3.28. The molecule has 2 atom stereocenters. The molecule has 15 heavy (non-hydrogen) atoms. The van der Waals surface area contributed by atoms with Gasteiger partial charge in [0.05, 0.1) is 6.10 Å². The smallest absolute Gasteiger partial charge is 0.0699 e. The predicted molar refractivity (Wildman–Crippen MR) is 67.2 cm³/mol. The quantitative estimate of drug-likeness (QED) is 0.889. The molecule has 0 radical (unpaired) electrons. The van der Waals surface area contributed by atoms with E-state index in [0.29, 0.717) is 6.04 Å². The molecule has 0 aliphatic heterocycles. The number of ether oxygens (including phenoxy) is 1. The van der Waals surface area contributed by atoms with Gasteiger partial charge in [-0.2, -0.15) is 0 Å². The van der Waals surface area contributed by atoms with Crippen LogP contribution in [0.4, 0.5) is 0 Å². The Bertz CT molecular complexity index is 303. The molecular weight excluding hydrogens is 254 g/mol. The highest BCUT2D eigenvalue weighted by Gasteiger charge is 2.15. The Morgan fingerprint density at radius 3 is 2.60 bits per heavy atom. The lowest BCUT2D eigenvalue weighted by atomic mass is 10.0.